The fourth-order valence-electron chi connectivity index (χ4n) is 3.03. The van der Waals surface area contributed by atoms with Gasteiger partial charge in [-0.3, -0.25) is 0 Å². The first-order valence-corrected chi connectivity index (χ1v) is 8.85. The summed E-state index contributed by atoms with van der Waals surface area (Å²) in [5.41, 5.74) is 3.40. The van der Waals surface area contributed by atoms with Crippen LogP contribution in [0.2, 0.25) is 0 Å². The molecule has 6 heteroatoms. The minimum atomic E-state index is 0. The lowest BCUT2D eigenvalue weighted by atomic mass is 10.2. The van der Waals surface area contributed by atoms with Crippen molar-refractivity contribution in [3.63, 3.8) is 0 Å². The third-order valence-electron chi connectivity index (χ3n) is 4.33. The van der Waals surface area contributed by atoms with E-state index in [0.29, 0.717) is 5.82 Å². The Labute approximate surface area is 164 Å². The summed E-state index contributed by atoms with van der Waals surface area (Å²) in [7, 11) is 4.16. The van der Waals surface area contributed by atoms with Crippen molar-refractivity contribution in [2.45, 2.75) is 6.42 Å². The molecule has 1 N–H and O–H groups in total. The summed E-state index contributed by atoms with van der Waals surface area (Å²) in [5.74, 6) is 1.46. The van der Waals surface area contributed by atoms with Crippen LogP contribution in [0.5, 0.6) is 0 Å². The van der Waals surface area contributed by atoms with Crippen LogP contribution < -0.4 is 5.32 Å². The van der Waals surface area contributed by atoms with Crippen LogP contribution in [0.15, 0.2) is 59.0 Å². The van der Waals surface area contributed by atoms with E-state index in [1.54, 1.807) is 0 Å². The second-order valence-electron chi connectivity index (χ2n) is 6.62. The van der Waals surface area contributed by atoms with Gasteiger partial charge in [0, 0.05) is 17.5 Å². The molecule has 27 heavy (non-hydrogen) atoms. The molecule has 0 unspecified atom stereocenters. The number of nitrogens with zero attached hydrogens (tertiary/aromatic N) is 3. The Balaban J connectivity index is 0.00000210. The van der Waals surface area contributed by atoms with Crippen molar-refractivity contribution in [1.82, 2.24) is 14.9 Å². The maximum absolute atomic E-state index is 6.05. The van der Waals surface area contributed by atoms with E-state index in [-0.39, 0.29) is 12.4 Å². The second kappa shape index (κ2) is 8.37. The molecule has 0 bridgehead atoms. The summed E-state index contributed by atoms with van der Waals surface area (Å²) in [4.78, 5) is 11.7. The molecular weight excluding hydrogens is 360 g/mol. The highest BCUT2D eigenvalue weighted by atomic mass is 35.5. The summed E-state index contributed by atoms with van der Waals surface area (Å²) in [6.45, 7) is 1.85. The zero-order chi connectivity index (χ0) is 17.9. The zero-order valence-electron chi connectivity index (χ0n) is 15.5. The number of anilines is 1. The summed E-state index contributed by atoms with van der Waals surface area (Å²) in [6, 6.07) is 18.0. The van der Waals surface area contributed by atoms with Gasteiger partial charge in [0.2, 0.25) is 0 Å². The Morgan fingerprint density at radius 2 is 1.70 bits per heavy atom. The van der Waals surface area contributed by atoms with Crippen LogP contribution >= 0.6 is 12.4 Å². The molecule has 140 valence electrons. The molecule has 5 nitrogen and oxygen atoms in total. The van der Waals surface area contributed by atoms with Crippen LogP contribution in [0.4, 0.5) is 5.82 Å². The van der Waals surface area contributed by atoms with Crippen molar-refractivity contribution in [2.75, 3.05) is 32.5 Å². The molecule has 2 aromatic heterocycles. The average Bonchev–Trinajstić information content (AvgIpc) is 3.04. The lowest BCUT2D eigenvalue weighted by Crippen LogP contribution is -2.16. The van der Waals surface area contributed by atoms with Gasteiger partial charge < -0.3 is 14.6 Å². The van der Waals surface area contributed by atoms with Crippen molar-refractivity contribution in [1.29, 1.82) is 0 Å². The van der Waals surface area contributed by atoms with Crippen molar-refractivity contribution in [2.24, 2.45) is 0 Å². The Morgan fingerprint density at radius 1 is 0.963 bits per heavy atom. The Hall–Kier alpha value is -2.63. The van der Waals surface area contributed by atoms with Gasteiger partial charge in [-0.25, -0.2) is 9.97 Å². The van der Waals surface area contributed by atoms with Crippen molar-refractivity contribution in [3.8, 4) is 11.4 Å². The molecule has 0 radical (unpaired) electrons. The lowest BCUT2D eigenvalue weighted by Gasteiger charge is -2.11. The SMILES string of the molecule is CN(C)CCCNc1nc(-c2ccccc2)nc2c1oc1ccccc12.Cl. The Morgan fingerprint density at radius 3 is 2.48 bits per heavy atom. The predicted octanol–water partition coefficient (Wildman–Crippen LogP) is 4.83. The molecule has 4 rings (SSSR count). The van der Waals surface area contributed by atoms with Gasteiger partial charge in [0.05, 0.1) is 0 Å². The van der Waals surface area contributed by atoms with Gasteiger partial charge in [-0.15, -0.1) is 12.4 Å². The largest absolute Gasteiger partial charge is 0.450 e. The van der Waals surface area contributed by atoms with Gasteiger partial charge in [-0.1, -0.05) is 42.5 Å². The molecule has 2 aromatic carbocycles. The van der Waals surface area contributed by atoms with Gasteiger partial charge in [0.15, 0.2) is 17.2 Å². The van der Waals surface area contributed by atoms with E-state index >= 15 is 0 Å². The minimum Gasteiger partial charge on any atom is -0.450 e. The third-order valence-corrected chi connectivity index (χ3v) is 4.33. The lowest BCUT2D eigenvalue weighted by molar-refractivity contribution is 0.405. The Kier molecular flexibility index (Phi) is 5.94. The smallest absolute Gasteiger partial charge is 0.196 e. The summed E-state index contributed by atoms with van der Waals surface area (Å²) < 4.78 is 6.05. The second-order valence-corrected chi connectivity index (χ2v) is 6.62. The minimum absolute atomic E-state index is 0. The van der Waals surface area contributed by atoms with Gasteiger partial charge >= 0.3 is 0 Å². The maximum atomic E-state index is 6.05. The molecule has 0 atom stereocenters. The number of para-hydroxylation sites is 1. The number of furan rings is 1. The summed E-state index contributed by atoms with van der Waals surface area (Å²) >= 11 is 0. The van der Waals surface area contributed by atoms with E-state index in [1.807, 2.05) is 54.6 Å². The average molecular weight is 383 g/mol. The van der Waals surface area contributed by atoms with Crippen molar-refractivity contribution < 1.29 is 4.42 Å². The molecular formula is C21H23ClN4O. The number of benzene rings is 2. The topological polar surface area (TPSA) is 54.2 Å². The van der Waals surface area contributed by atoms with E-state index in [1.165, 1.54) is 0 Å². The molecule has 0 aliphatic heterocycles. The molecule has 0 fully saturated rings. The van der Waals surface area contributed by atoms with E-state index in [2.05, 4.69) is 24.3 Å². The number of fused-ring (bicyclic) bond motifs is 3. The fraction of sp³-hybridized carbons (Fsp3) is 0.238. The van der Waals surface area contributed by atoms with Gasteiger partial charge in [-0.2, -0.15) is 0 Å². The quantitative estimate of drug-likeness (QED) is 0.484. The molecule has 0 saturated carbocycles. The molecule has 0 saturated heterocycles. The number of hydrogen-bond acceptors (Lipinski definition) is 5. The third kappa shape index (κ3) is 4.04. The van der Waals surface area contributed by atoms with Crippen LogP contribution in [0, 0.1) is 0 Å². The predicted molar refractivity (Wildman–Crippen MR) is 114 cm³/mol. The van der Waals surface area contributed by atoms with Gasteiger partial charge in [-0.05, 0) is 39.2 Å². The summed E-state index contributed by atoms with van der Waals surface area (Å²) in [6.07, 6.45) is 1.03. The highest BCUT2D eigenvalue weighted by Gasteiger charge is 2.16. The van der Waals surface area contributed by atoms with E-state index in [0.717, 1.165) is 53.0 Å². The van der Waals surface area contributed by atoms with E-state index in [9.17, 15) is 0 Å². The molecule has 4 aromatic rings. The first kappa shape index (κ1) is 19.1. The zero-order valence-corrected chi connectivity index (χ0v) is 16.3. The normalized spacial score (nSPS) is 11.1. The van der Waals surface area contributed by atoms with Crippen LogP contribution in [-0.4, -0.2) is 42.1 Å². The maximum Gasteiger partial charge on any atom is 0.196 e. The van der Waals surface area contributed by atoms with Gasteiger partial charge in [0.1, 0.15) is 11.1 Å². The van der Waals surface area contributed by atoms with Crippen molar-refractivity contribution >= 4 is 40.3 Å². The van der Waals surface area contributed by atoms with Crippen molar-refractivity contribution in [3.05, 3.63) is 54.6 Å². The molecule has 2 heterocycles. The number of aromatic nitrogens is 2. The summed E-state index contributed by atoms with van der Waals surface area (Å²) in [5, 5.41) is 4.46. The molecule has 0 spiro atoms. The molecule has 0 aliphatic carbocycles. The van der Waals surface area contributed by atoms with E-state index in [4.69, 9.17) is 14.4 Å². The first-order valence-electron chi connectivity index (χ1n) is 8.85. The van der Waals surface area contributed by atoms with E-state index < -0.39 is 0 Å². The number of hydrogen-bond donors (Lipinski definition) is 1. The molecule has 0 amide bonds. The van der Waals surface area contributed by atoms with Crippen LogP contribution in [0.25, 0.3) is 33.5 Å². The first-order chi connectivity index (χ1) is 12.7. The monoisotopic (exact) mass is 382 g/mol. The standard InChI is InChI=1S/C21H22N4O.ClH/c1-25(2)14-8-13-22-21-19-18(16-11-6-7-12-17(16)26-19)23-20(24-21)15-9-4-3-5-10-15;/h3-7,9-12H,8,13-14H2,1-2H3,(H,22,23,24);1H. The Bertz CT molecular complexity index is 1030. The highest BCUT2D eigenvalue weighted by molar-refractivity contribution is 6.06. The number of halogens is 1. The van der Waals surface area contributed by atoms with Crippen LogP contribution in [-0.2, 0) is 0 Å². The molecule has 0 aliphatic rings. The van der Waals surface area contributed by atoms with Crippen LogP contribution in [0.1, 0.15) is 6.42 Å². The fourth-order valence-corrected chi connectivity index (χ4v) is 3.03. The van der Waals surface area contributed by atoms with Crippen LogP contribution in [0.3, 0.4) is 0 Å². The number of rotatable bonds is 6. The number of nitrogens with one attached hydrogen (secondary N) is 1. The highest BCUT2D eigenvalue weighted by Crippen LogP contribution is 2.33. The van der Waals surface area contributed by atoms with Gasteiger partial charge in [0.25, 0.3) is 0 Å².